The highest BCUT2D eigenvalue weighted by molar-refractivity contribution is 5.75. The molecule has 0 bridgehead atoms. The van der Waals surface area contributed by atoms with Crippen LogP contribution in [0.4, 0.5) is 0 Å². The molecule has 1 aromatic rings. The molecule has 4 nitrogen and oxygen atoms in total. The van der Waals surface area contributed by atoms with Gasteiger partial charge in [-0.2, -0.15) is 5.10 Å². The van der Waals surface area contributed by atoms with Crippen molar-refractivity contribution in [2.45, 2.75) is 0 Å². The molecule has 1 rings (SSSR count). The van der Waals surface area contributed by atoms with Crippen molar-refractivity contribution in [3.05, 3.63) is 24.2 Å². The molecule has 0 aliphatic carbocycles. The lowest BCUT2D eigenvalue weighted by Crippen LogP contribution is -2.10. The van der Waals surface area contributed by atoms with Gasteiger partial charge in [0.15, 0.2) is 0 Å². The van der Waals surface area contributed by atoms with Crippen LogP contribution in [0.25, 0.3) is 0 Å². The summed E-state index contributed by atoms with van der Waals surface area (Å²) in [7, 11) is 0. The van der Waals surface area contributed by atoms with Gasteiger partial charge in [-0.1, -0.05) is 0 Å². The Balaban J connectivity index is 2.25. The van der Waals surface area contributed by atoms with E-state index >= 15 is 0 Å². The number of hydrogen-bond donors (Lipinski definition) is 2. The van der Waals surface area contributed by atoms with Gasteiger partial charge in [-0.25, -0.2) is 0 Å². The van der Waals surface area contributed by atoms with Gasteiger partial charge in [0.05, 0.1) is 25.6 Å². The highest BCUT2D eigenvalue weighted by atomic mass is 16.3. The Hall–Kier alpha value is -1.29. The first-order valence-corrected chi connectivity index (χ1v) is 3.34. The summed E-state index contributed by atoms with van der Waals surface area (Å²) in [6.45, 7) is 0.534. The molecule has 0 aliphatic rings. The highest BCUT2D eigenvalue weighted by Crippen LogP contribution is 1.93. The van der Waals surface area contributed by atoms with E-state index in [1.165, 1.54) is 0 Å². The van der Waals surface area contributed by atoms with Gasteiger partial charge in [0, 0.05) is 0 Å². The smallest absolute Gasteiger partial charge is 0.146 e. The quantitative estimate of drug-likeness (QED) is 0.370. The van der Waals surface area contributed by atoms with Gasteiger partial charge in [-0.05, 0) is 12.1 Å². The fourth-order valence-corrected chi connectivity index (χ4v) is 0.589. The molecule has 0 unspecified atom stereocenters. The Morgan fingerprint density at radius 2 is 2.64 bits per heavy atom. The molecule has 1 aromatic heterocycles. The van der Waals surface area contributed by atoms with Gasteiger partial charge >= 0.3 is 0 Å². The van der Waals surface area contributed by atoms with E-state index in [4.69, 9.17) is 9.52 Å². The fraction of sp³-hybridized carbons (Fsp3) is 0.286. The van der Waals surface area contributed by atoms with Gasteiger partial charge < -0.3 is 14.9 Å². The zero-order valence-electron chi connectivity index (χ0n) is 6.03. The normalized spacial score (nSPS) is 10.6. The molecular formula is C7H10N2O2. The van der Waals surface area contributed by atoms with Gasteiger partial charge in [-0.3, -0.25) is 0 Å². The SMILES string of the molecule is OCCNN=Cc1ccco1. The number of furan rings is 1. The number of hydrazone groups is 1. The molecule has 1 heterocycles. The van der Waals surface area contributed by atoms with E-state index in [1.807, 2.05) is 0 Å². The van der Waals surface area contributed by atoms with Crippen LogP contribution in [0.1, 0.15) is 5.76 Å². The monoisotopic (exact) mass is 154 g/mol. The summed E-state index contributed by atoms with van der Waals surface area (Å²) < 4.78 is 4.96. The molecule has 11 heavy (non-hydrogen) atoms. The van der Waals surface area contributed by atoms with Crippen molar-refractivity contribution < 1.29 is 9.52 Å². The minimum absolute atomic E-state index is 0.0789. The van der Waals surface area contributed by atoms with Crippen molar-refractivity contribution in [1.82, 2.24) is 5.43 Å². The lowest BCUT2D eigenvalue weighted by molar-refractivity contribution is 0.293. The predicted molar refractivity (Wildman–Crippen MR) is 41.4 cm³/mol. The molecule has 0 amide bonds. The van der Waals surface area contributed by atoms with Crippen LogP contribution in [0.15, 0.2) is 27.9 Å². The lowest BCUT2D eigenvalue weighted by atomic mass is 10.5. The molecule has 2 N–H and O–H groups in total. The summed E-state index contributed by atoms with van der Waals surface area (Å²) in [5, 5.41) is 12.1. The van der Waals surface area contributed by atoms with Gasteiger partial charge in [0.25, 0.3) is 0 Å². The van der Waals surface area contributed by atoms with Crippen molar-refractivity contribution >= 4 is 6.21 Å². The molecule has 0 spiro atoms. The van der Waals surface area contributed by atoms with Gasteiger partial charge in [0.2, 0.25) is 0 Å². The van der Waals surface area contributed by atoms with Crippen LogP contribution >= 0.6 is 0 Å². The highest BCUT2D eigenvalue weighted by Gasteiger charge is 1.85. The average Bonchev–Trinajstić information content (AvgIpc) is 2.50. The fourth-order valence-electron chi connectivity index (χ4n) is 0.589. The molecule has 0 saturated heterocycles. The summed E-state index contributed by atoms with van der Waals surface area (Å²) in [6.07, 6.45) is 3.13. The Morgan fingerprint density at radius 1 is 1.73 bits per heavy atom. The maximum Gasteiger partial charge on any atom is 0.146 e. The number of nitrogens with one attached hydrogen (secondary N) is 1. The molecule has 0 radical (unpaired) electrons. The number of aliphatic hydroxyl groups is 1. The second kappa shape index (κ2) is 4.51. The largest absolute Gasteiger partial charge is 0.463 e. The van der Waals surface area contributed by atoms with E-state index in [0.29, 0.717) is 12.3 Å². The summed E-state index contributed by atoms with van der Waals surface area (Å²) in [5.41, 5.74) is 2.63. The van der Waals surface area contributed by atoms with Crippen molar-refractivity contribution in [1.29, 1.82) is 0 Å². The minimum Gasteiger partial charge on any atom is -0.463 e. The van der Waals surface area contributed by atoms with Crippen molar-refractivity contribution in [3.63, 3.8) is 0 Å². The first-order valence-electron chi connectivity index (χ1n) is 3.34. The summed E-state index contributed by atoms with van der Waals surface area (Å²) in [5.74, 6) is 0.690. The van der Waals surface area contributed by atoms with E-state index in [1.54, 1.807) is 24.6 Å². The third-order valence-electron chi connectivity index (χ3n) is 1.05. The summed E-state index contributed by atoms with van der Waals surface area (Å²) in [6, 6.07) is 3.58. The van der Waals surface area contributed by atoms with Gasteiger partial charge in [0.1, 0.15) is 5.76 Å². The van der Waals surface area contributed by atoms with Crippen molar-refractivity contribution in [2.24, 2.45) is 5.10 Å². The van der Waals surface area contributed by atoms with Gasteiger partial charge in [-0.15, -0.1) is 0 Å². The van der Waals surface area contributed by atoms with E-state index in [9.17, 15) is 0 Å². The molecule has 0 aromatic carbocycles. The molecular weight excluding hydrogens is 144 g/mol. The third kappa shape index (κ3) is 2.86. The van der Waals surface area contributed by atoms with Crippen LogP contribution < -0.4 is 5.43 Å². The first kappa shape index (κ1) is 7.81. The third-order valence-corrected chi connectivity index (χ3v) is 1.05. The predicted octanol–water partition coefficient (Wildman–Crippen LogP) is 0.195. The average molecular weight is 154 g/mol. The van der Waals surface area contributed by atoms with Crippen molar-refractivity contribution in [3.8, 4) is 0 Å². The van der Waals surface area contributed by atoms with E-state index < -0.39 is 0 Å². The zero-order valence-corrected chi connectivity index (χ0v) is 6.03. The summed E-state index contributed by atoms with van der Waals surface area (Å²) in [4.78, 5) is 0. The Kier molecular flexibility index (Phi) is 3.21. The maximum atomic E-state index is 8.36. The van der Waals surface area contributed by atoms with Crippen LogP contribution in [-0.4, -0.2) is 24.5 Å². The number of nitrogens with zero attached hydrogens (tertiary/aromatic N) is 1. The summed E-state index contributed by atoms with van der Waals surface area (Å²) >= 11 is 0. The number of aliphatic hydroxyl groups excluding tert-OH is 1. The second-order valence-electron chi connectivity index (χ2n) is 1.91. The standard InChI is InChI=1S/C7H10N2O2/c10-4-3-8-9-6-7-2-1-5-11-7/h1-2,5-6,8,10H,3-4H2. The van der Waals surface area contributed by atoms with Crippen LogP contribution in [-0.2, 0) is 0 Å². The van der Waals surface area contributed by atoms with Crippen molar-refractivity contribution in [2.75, 3.05) is 13.2 Å². The lowest BCUT2D eigenvalue weighted by Gasteiger charge is -1.91. The Labute approximate surface area is 64.5 Å². The number of rotatable bonds is 4. The topological polar surface area (TPSA) is 57.8 Å². The number of hydrogen-bond acceptors (Lipinski definition) is 4. The maximum absolute atomic E-state index is 8.36. The van der Waals surface area contributed by atoms with Crippen LogP contribution in [0, 0.1) is 0 Å². The van der Waals surface area contributed by atoms with E-state index in [-0.39, 0.29) is 6.61 Å². The second-order valence-corrected chi connectivity index (χ2v) is 1.91. The molecule has 0 saturated carbocycles. The first-order chi connectivity index (χ1) is 5.43. The minimum atomic E-state index is 0.0789. The molecule has 0 atom stereocenters. The molecule has 0 aliphatic heterocycles. The van der Waals surface area contributed by atoms with Crippen LogP contribution in [0.5, 0.6) is 0 Å². The molecule has 4 heteroatoms. The molecule has 0 fully saturated rings. The van der Waals surface area contributed by atoms with Crippen LogP contribution in [0.2, 0.25) is 0 Å². The van der Waals surface area contributed by atoms with E-state index in [0.717, 1.165) is 0 Å². The zero-order chi connectivity index (χ0) is 7.94. The Bertz CT molecular complexity index is 206. The van der Waals surface area contributed by atoms with E-state index in [2.05, 4.69) is 10.5 Å². The van der Waals surface area contributed by atoms with Crippen LogP contribution in [0.3, 0.4) is 0 Å². The molecule has 60 valence electrons. The Morgan fingerprint density at radius 3 is 3.27 bits per heavy atom.